The van der Waals surface area contributed by atoms with Crippen LogP contribution >= 0.6 is 0 Å². The van der Waals surface area contributed by atoms with E-state index >= 15 is 0 Å². The zero-order valence-electron chi connectivity index (χ0n) is 28.1. The van der Waals surface area contributed by atoms with E-state index < -0.39 is 0 Å². The molecule has 2 heteroatoms. The van der Waals surface area contributed by atoms with Crippen molar-refractivity contribution < 1.29 is 8.83 Å². The second-order valence-corrected chi connectivity index (χ2v) is 13.6. The molecule has 0 saturated carbocycles. The molecule has 0 aliphatic carbocycles. The second-order valence-electron chi connectivity index (χ2n) is 13.6. The Morgan fingerprint density at radius 3 is 1.52 bits per heavy atom. The third kappa shape index (κ3) is 4.31. The molecule has 0 N–H and O–H groups in total. The van der Waals surface area contributed by atoms with Gasteiger partial charge in [0.2, 0.25) is 0 Å². The predicted octanol–water partition coefficient (Wildman–Crippen LogP) is 14.5. The first kappa shape index (κ1) is 28.9. The summed E-state index contributed by atoms with van der Waals surface area (Å²) in [4.78, 5) is 0. The van der Waals surface area contributed by atoms with Crippen molar-refractivity contribution in [1.82, 2.24) is 0 Å². The molecule has 52 heavy (non-hydrogen) atoms. The zero-order valence-corrected chi connectivity index (χ0v) is 28.1. The van der Waals surface area contributed by atoms with Gasteiger partial charge in [-0.3, -0.25) is 0 Å². The van der Waals surface area contributed by atoms with Gasteiger partial charge < -0.3 is 8.83 Å². The number of hydrogen-bond acceptors (Lipinski definition) is 2. The highest BCUT2D eigenvalue weighted by Gasteiger charge is 2.23. The van der Waals surface area contributed by atoms with E-state index in [-0.39, 0.29) is 0 Å². The van der Waals surface area contributed by atoms with Gasteiger partial charge in [-0.2, -0.15) is 0 Å². The van der Waals surface area contributed by atoms with Crippen LogP contribution in [-0.2, 0) is 0 Å². The monoisotopic (exact) mass is 662 g/mol. The number of rotatable bonds is 4. The van der Waals surface area contributed by atoms with Crippen molar-refractivity contribution in [3.05, 3.63) is 182 Å². The van der Waals surface area contributed by atoms with E-state index in [1.807, 2.05) is 6.07 Å². The molecule has 0 amide bonds. The van der Waals surface area contributed by atoms with Gasteiger partial charge in [0.25, 0.3) is 0 Å². The van der Waals surface area contributed by atoms with Gasteiger partial charge in [0.15, 0.2) is 0 Å². The van der Waals surface area contributed by atoms with Crippen molar-refractivity contribution in [3.8, 4) is 44.7 Å². The van der Waals surface area contributed by atoms with Gasteiger partial charge in [-0.05, 0) is 61.6 Å². The van der Waals surface area contributed by atoms with Crippen LogP contribution in [0.25, 0.3) is 110 Å². The molecule has 0 aliphatic rings. The van der Waals surface area contributed by atoms with E-state index in [9.17, 15) is 0 Å². The third-order valence-corrected chi connectivity index (χ3v) is 10.7. The molecule has 9 aromatic carbocycles. The van der Waals surface area contributed by atoms with E-state index in [0.29, 0.717) is 0 Å². The third-order valence-electron chi connectivity index (χ3n) is 10.7. The number of fused-ring (bicyclic) bond motifs is 8. The first-order chi connectivity index (χ1) is 25.8. The van der Waals surface area contributed by atoms with Crippen LogP contribution in [-0.4, -0.2) is 0 Å². The maximum absolute atomic E-state index is 6.98. The Balaban J connectivity index is 1.20. The van der Waals surface area contributed by atoms with E-state index in [0.717, 1.165) is 55.4 Å². The Morgan fingerprint density at radius 2 is 0.808 bits per heavy atom. The summed E-state index contributed by atoms with van der Waals surface area (Å²) in [5.41, 5.74) is 10.7. The van der Waals surface area contributed by atoms with Gasteiger partial charge in [-0.25, -0.2) is 0 Å². The molecule has 0 aliphatic heterocycles. The minimum atomic E-state index is 0.856. The van der Waals surface area contributed by atoms with Crippen molar-refractivity contribution in [2.24, 2.45) is 0 Å². The molecule has 0 unspecified atom stereocenters. The van der Waals surface area contributed by atoms with E-state index in [4.69, 9.17) is 8.83 Å². The Kier molecular flexibility index (Phi) is 6.28. The quantitative estimate of drug-likeness (QED) is 0.175. The standard InChI is InChI=1S/C50H30O2/c1-2-13-31(14-3-1)32-25-27-33(28-26-32)46-30-43-35-16-5-4-15-34(35)29-44(50(43)52-46)48-39-20-8-6-18-37(39)47(38-19-7-9-21-40(38)48)42-23-12-22-41-36-17-10-11-24-45(36)51-49(41)42/h1-30H. The number of para-hydroxylation sites is 2. The molecule has 242 valence electrons. The summed E-state index contributed by atoms with van der Waals surface area (Å²) in [7, 11) is 0. The molecule has 0 bridgehead atoms. The van der Waals surface area contributed by atoms with Crippen LogP contribution in [0.15, 0.2) is 191 Å². The average molecular weight is 663 g/mol. The molecular formula is C50H30O2. The fourth-order valence-corrected chi connectivity index (χ4v) is 8.32. The Hall–Kier alpha value is -6.90. The first-order valence-corrected chi connectivity index (χ1v) is 17.8. The molecule has 0 radical (unpaired) electrons. The molecule has 2 aromatic heterocycles. The molecule has 0 fully saturated rings. The first-order valence-electron chi connectivity index (χ1n) is 17.8. The van der Waals surface area contributed by atoms with Crippen LogP contribution in [0.3, 0.4) is 0 Å². The van der Waals surface area contributed by atoms with Gasteiger partial charge in [0, 0.05) is 44.0 Å². The van der Waals surface area contributed by atoms with Crippen LogP contribution in [0.1, 0.15) is 0 Å². The van der Waals surface area contributed by atoms with E-state index in [2.05, 4.69) is 176 Å². The van der Waals surface area contributed by atoms with Crippen LogP contribution in [0.4, 0.5) is 0 Å². The van der Waals surface area contributed by atoms with Gasteiger partial charge in [-0.1, -0.05) is 164 Å². The highest BCUT2D eigenvalue weighted by Crippen LogP contribution is 2.49. The average Bonchev–Trinajstić information content (AvgIpc) is 3.84. The van der Waals surface area contributed by atoms with Crippen molar-refractivity contribution in [2.45, 2.75) is 0 Å². The van der Waals surface area contributed by atoms with Crippen LogP contribution < -0.4 is 0 Å². The van der Waals surface area contributed by atoms with Crippen LogP contribution in [0, 0.1) is 0 Å². The highest BCUT2D eigenvalue weighted by molar-refractivity contribution is 6.27. The number of benzene rings is 9. The zero-order chi connectivity index (χ0) is 34.2. The molecule has 0 spiro atoms. The Morgan fingerprint density at radius 1 is 0.288 bits per heavy atom. The van der Waals surface area contributed by atoms with Crippen LogP contribution in [0.2, 0.25) is 0 Å². The van der Waals surface area contributed by atoms with Crippen LogP contribution in [0.5, 0.6) is 0 Å². The van der Waals surface area contributed by atoms with Crippen molar-refractivity contribution in [1.29, 1.82) is 0 Å². The number of hydrogen-bond donors (Lipinski definition) is 0. The van der Waals surface area contributed by atoms with Gasteiger partial charge in [0.05, 0.1) is 0 Å². The maximum Gasteiger partial charge on any atom is 0.143 e. The predicted molar refractivity (Wildman–Crippen MR) is 218 cm³/mol. The minimum absolute atomic E-state index is 0.856. The summed E-state index contributed by atoms with van der Waals surface area (Å²) in [5, 5.41) is 10.4. The molecular weight excluding hydrogens is 633 g/mol. The second kappa shape index (κ2) is 11.3. The Bertz CT molecular complexity index is 3100. The van der Waals surface area contributed by atoms with Gasteiger partial charge in [-0.15, -0.1) is 0 Å². The molecule has 11 rings (SSSR count). The molecule has 11 aromatic rings. The fraction of sp³-hybridized carbons (Fsp3) is 0. The molecule has 2 nitrogen and oxygen atoms in total. The summed E-state index contributed by atoms with van der Waals surface area (Å²) >= 11 is 0. The summed E-state index contributed by atoms with van der Waals surface area (Å²) in [6.07, 6.45) is 0. The molecule has 2 heterocycles. The lowest BCUT2D eigenvalue weighted by Gasteiger charge is -2.18. The van der Waals surface area contributed by atoms with Crippen molar-refractivity contribution in [3.63, 3.8) is 0 Å². The van der Waals surface area contributed by atoms with Crippen molar-refractivity contribution >= 4 is 65.2 Å². The summed E-state index contributed by atoms with van der Waals surface area (Å²) in [6, 6.07) is 64.8. The maximum atomic E-state index is 6.98. The van der Waals surface area contributed by atoms with E-state index in [1.54, 1.807) is 0 Å². The largest absolute Gasteiger partial charge is 0.455 e. The SMILES string of the molecule is c1ccc(-c2ccc(-c3cc4c(o3)c(-c3c5ccccc5c(-c5cccc6c5oc5ccccc56)c5ccccc35)cc3ccccc34)cc2)cc1. The van der Waals surface area contributed by atoms with Crippen molar-refractivity contribution in [2.75, 3.05) is 0 Å². The smallest absolute Gasteiger partial charge is 0.143 e. The fourth-order valence-electron chi connectivity index (χ4n) is 8.32. The minimum Gasteiger partial charge on any atom is -0.455 e. The lowest BCUT2D eigenvalue weighted by atomic mass is 9.84. The van der Waals surface area contributed by atoms with Gasteiger partial charge in [0.1, 0.15) is 22.5 Å². The topological polar surface area (TPSA) is 26.3 Å². The number of furan rings is 2. The molecule has 0 saturated heterocycles. The lowest BCUT2D eigenvalue weighted by molar-refractivity contribution is 0.633. The lowest BCUT2D eigenvalue weighted by Crippen LogP contribution is -1.92. The summed E-state index contributed by atoms with van der Waals surface area (Å²) in [6.45, 7) is 0. The molecule has 0 atom stereocenters. The highest BCUT2D eigenvalue weighted by atomic mass is 16.3. The van der Waals surface area contributed by atoms with E-state index in [1.165, 1.54) is 54.6 Å². The van der Waals surface area contributed by atoms with Gasteiger partial charge >= 0.3 is 0 Å². The normalized spacial score (nSPS) is 11.8. The summed E-state index contributed by atoms with van der Waals surface area (Å²) in [5.74, 6) is 0.856. The summed E-state index contributed by atoms with van der Waals surface area (Å²) < 4.78 is 13.6. The Labute approximate surface area is 299 Å².